The van der Waals surface area contributed by atoms with E-state index in [1.54, 1.807) is 0 Å². The molecule has 0 amide bonds. The Kier molecular flexibility index (Phi) is 7.36. The smallest absolute Gasteiger partial charge is 0.312 e. The van der Waals surface area contributed by atoms with Gasteiger partial charge >= 0.3 is 5.97 Å². The Morgan fingerprint density at radius 2 is 2.15 bits per heavy atom. The summed E-state index contributed by atoms with van der Waals surface area (Å²) in [6.07, 6.45) is 8.76. The first-order valence-corrected chi connectivity index (χ1v) is 4.96. The van der Waals surface area contributed by atoms with Crippen LogP contribution in [0.25, 0.3) is 0 Å². The van der Waals surface area contributed by atoms with Crippen molar-refractivity contribution in [1.82, 2.24) is 0 Å². The minimum atomic E-state index is -0.160. The third kappa shape index (κ3) is 6.38. The molecule has 0 heterocycles. The van der Waals surface area contributed by atoms with E-state index in [2.05, 4.69) is 17.7 Å². The monoisotopic (exact) mass is 184 g/mol. The summed E-state index contributed by atoms with van der Waals surface area (Å²) in [4.78, 5) is 11.0. The Balaban J connectivity index is 3.53. The molecule has 0 aliphatic rings. The third-order valence-electron chi connectivity index (χ3n) is 1.97. The summed E-state index contributed by atoms with van der Waals surface area (Å²) in [5, 5.41) is 0. The number of ether oxygens (including phenoxy) is 1. The molecule has 76 valence electrons. The van der Waals surface area contributed by atoms with Crippen LogP contribution in [0.1, 0.15) is 39.5 Å². The lowest BCUT2D eigenvalue weighted by Crippen LogP contribution is -2.09. The quantitative estimate of drug-likeness (QED) is 0.360. The number of hydrogen-bond acceptors (Lipinski definition) is 2. The lowest BCUT2D eigenvalue weighted by Gasteiger charge is -2.02. The fourth-order valence-corrected chi connectivity index (χ4v) is 1.08. The molecule has 0 saturated heterocycles. The average Bonchev–Trinajstić information content (AvgIpc) is 2.16. The van der Waals surface area contributed by atoms with Gasteiger partial charge in [0.1, 0.15) is 0 Å². The van der Waals surface area contributed by atoms with E-state index in [0.717, 1.165) is 6.42 Å². The predicted octanol–water partition coefficient (Wildman–Crippen LogP) is 2.93. The van der Waals surface area contributed by atoms with Crippen LogP contribution in [-0.4, -0.2) is 13.1 Å². The average molecular weight is 184 g/mol. The molecule has 1 atom stereocenters. The van der Waals surface area contributed by atoms with Crippen LogP contribution in [-0.2, 0) is 9.53 Å². The van der Waals surface area contributed by atoms with Crippen molar-refractivity contribution in [2.45, 2.75) is 39.5 Å². The molecular weight excluding hydrogens is 164 g/mol. The van der Waals surface area contributed by atoms with Crippen LogP contribution in [0.3, 0.4) is 0 Å². The van der Waals surface area contributed by atoms with Crippen molar-refractivity contribution in [3.8, 4) is 0 Å². The summed E-state index contributed by atoms with van der Waals surface area (Å²) < 4.78 is 4.60. The van der Waals surface area contributed by atoms with E-state index in [0.29, 0.717) is 0 Å². The summed E-state index contributed by atoms with van der Waals surface area (Å²) in [6.45, 7) is 4.03. The zero-order chi connectivity index (χ0) is 10.1. The zero-order valence-corrected chi connectivity index (χ0v) is 8.88. The van der Waals surface area contributed by atoms with Gasteiger partial charge in [-0.1, -0.05) is 31.9 Å². The molecule has 0 aromatic heterocycles. The first-order valence-electron chi connectivity index (χ1n) is 4.96. The molecule has 0 bridgehead atoms. The largest absolute Gasteiger partial charge is 0.469 e. The molecule has 0 spiro atoms. The van der Waals surface area contributed by atoms with Gasteiger partial charge in [-0.25, -0.2) is 0 Å². The highest BCUT2D eigenvalue weighted by molar-refractivity contribution is 5.73. The minimum Gasteiger partial charge on any atom is -0.469 e. The van der Waals surface area contributed by atoms with Gasteiger partial charge in [-0.05, 0) is 19.8 Å². The van der Waals surface area contributed by atoms with Crippen LogP contribution >= 0.6 is 0 Å². The lowest BCUT2D eigenvalue weighted by molar-refractivity contribution is -0.143. The van der Waals surface area contributed by atoms with E-state index in [4.69, 9.17) is 0 Å². The Bertz CT molecular complexity index is 161. The summed E-state index contributed by atoms with van der Waals surface area (Å²) in [5.41, 5.74) is 0. The van der Waals surface area contributed by atoms with Crippen LogP contribution in [0.15, 0.2) is 12.2 Å². The normalized spacial score (nSPS) is 13.2. The van der Waals surface area contributed by atoms with Crippen molar-refractivity contribution < 1.29 is 9.53 Å². The maximum Gasteiger partial charge on any atom is 0.312 e. The molecule has 0 aliphatic carbocycles. The van der Waals surface area contributed by atoms with Crippen molar-refractivity contribution in [3.05, 3.63) is 12.2 Å². The van der Waals surface area contributed by atoms with Crippen LogP contribution in [0.2, 0.25) is 0 Å². The van der Waals surface area contributed by atoms with Crippen molar-refractivity contribution >= 4 is 5.97 Å². The van der Waals surface area contributed by atoms with Gasteiger partial charge in [0.05, 0.1) is 13.0 Å². The Hall–Kier alpha value is -0.790. The SMILES string of the molecule is CCCCC/C=C\C(C)C(=O)OC. The standard InChI is InChI=1S/C11H20O2/c1-4-5-6-7-8-9-10(2)11(12)13-3/h8-10H,4-7H2,1-3H3/b9-8-. The number of carbonyl (C=O) groups is 1. The number of hydrogen-bond donors (Lipinski definition) is 0. The second kappa shape index (κ2) is 7.84. The second-order valence-corrected chi connectivity index (χ2v) is 3.24. The first kappa shape index (κ1) is 12.2. The summed E-state index contributed by atoms with van der Waals surface area (Å²) in [6, 6.07) is 0. The molecule has 0 radical (unpaired) electrons. The van der Waals surface area contributed by atoms with Crippen LogP contribution < -0.4 is 0 Å². The maximum absolute atomic E-state index is 11.0. The van der Waals surface area contributed by atoms with Crippen LogP contribution in [0.5, 0.6) is 0 Å². The maximum atomic E-state index is 11.0. The zero-order valence-electron chi connectivity index (χ0n) is 8.88. The van der Waals surface area contributed by atoms with Gasteiger partial charge in [-0.3, -0.25) is 4.79 Å². The van der Waals surface area contributed by atoms with Crippen molar-refractivity contribution in [1.29, 1.82) is 0 Å². The van der Waals surface area contributed by atoms with Crippen LogP contribution in [0, 0.1) is 5.92 Å². The molecular formula is C11H20O2. The third-order valence-corrected chi connectivity index (χ3v) is 1.97. The number of methoxy groups -OCH3 is 1. The predicted molar refractivity (Wildman–Crippen MR) is 54.5 cm³/mol. The van der Waals surface area contributed by atoms with Crippen molar-refractivity contribution in [2.75, 3.05) is 7.11 Å². The Labute approximate surface area is 81.0 Å². The van der Waals surface area contributed by atoms with E-state index in [9.17, 15) is 4.79 Å². The van der Waals surface area contributed by atoms with Crippen molar-refractivity contribution in [3.63, 3.8) is 0 Å². The molecule has 0 aliphatic heterocycles. The number of rotatable bonds is 6. The van der Waals surface area contributed by atoms with E-state index in [1.807, 2.05) is 13.0 Å². The minimum absolute atomic E-state index is 0.105. The van der Waals surface area contributed by atoms with E-state index in [1.165, 1.54) is 26.4 Å². The lowest BCUT2D eigenvalue weighted by atomic mass is 10.1. The summed E-state index contributed by atoms with van der Waals surface area (Å²) in [7, 11) is 1.42. The molecule has 0 fully saturated rings. The van der Waals surface area contributed by atoms with Gasteiger partial charge in [0, 0.05) is 0 Å². The van der Waals surface area contributed by atoms with Crippen LogP contribution in [0.4, 0.5) is 0 Å². The van der Waals surface area contributed by atoms with Crippen molar-refractivity contribution in [2.24, 2.45) is 5.92 Å². The number of esters is 1. The highest BCUT2D eigenvalue weighted by atomic mass is 16.5. The van der Waals surface area contributed by atoms with E-state index < -0.39 is 0 Å². The molecule has 1 unspecified atom stereocenters. The molecule has 2 nitrogen and oxygen atoms in total. The molecule has 0 aromatic carbocycles. The highest BCUT2D eigenvalue weighted by Crippen LogP contribution is 2.04. The topological polar surface area (TPSA) is 26.3 Å². The molecule has 0 aromatic rings. The fourth-order valence-electron chi connectivity index (χ4n) is 1.08. The molecule has 0 N–H and O–H groups in total. The summed E-state index contributed by atoms with van der Waals surface area (Å²) >= 11 is 0. The molecule has 13 heavy (non-hydrogen) atoms. The Morgan fingerprint density at radius 1 is 1.46 bits per heavy atom. The van der Waals surface area contributed by atoms with E-state index >= 15 is 0 Å². The highest BCUT2D eigenvalue weighted by Gasteiger charge is 2.07. The Morgan fingerprint density at radius 3 is 2.69 bits per heavy atom. The second-order valence-electron chi connectivity index (χ2n) is 3.24. The number of allylic oxidation sites excluding steroid dienone is 1. The summed E-state index contributed by atoms with van der Waals surface area (Å²) in [5.74, 6) is -0.265. The number of carbonyl (C=O) groups excluding carboxylic acids is 1. The molecule has 0 saturated carbocycles. The van der Waals surface area contributed by atoms with Gasteiger partial charge in [0.2, 0.25) is 0 Å². The molecule has 0 rings (SSSR count). The number of unbranched alkanes of at least 4 members (excludes halogenated alkanes) is 3. The van der Waals surface area contributed by atoms with Gasteiger partial charge in [-0.15, -0.1) is 0 Å². The van der Waals surface area contributed by atoms with E-state index in [-0.39, 0.29) is 11.9 Å². The van der Waals surface area contributed by atoms with Gasteiger partial charge in [0.15, 0.2) is 0 Å². The molecule has 2 heteroatoms. The van der Waals surface area contributed by atoms with Gasteiger partial charge in [-0.2, -0.15) is 0 Å². The first-order chi connectivity index (χ1) is 6.22. The van der Waals surface area contributed by atoms with Gasteiger partial charge in [0.25, 0.3) is 0 Å². The van der Waals surface area contributed by atoms with Gasteiger partial charge < -0.3 is 4.74 Å². The fraction of sp³-hybridized carbons (Fsp3) is 0.727.